The third-order valence-electron chi connectivity index (χ3n) is 6.48. The number of benzene rings is 1. The molecule has 0 spiro atoms. The van der Waals surface area contributed by atoms with Crippen LogP contribution in [0.25, 0.3) is 5.57 Å². The van der Waals surface area contributed by atoms with Crippen LogP contribution in [0.5, 0.6) is 0 Å². The van der Waals surface area contributed by atoms with Crippen molar-refractivity contribution in [2.45, 2.75) is 73.3 Å². The van der Waals surface area contributed by atoms with E-state index >= 15 is 0 Å². The van der Waals surface area contributed by atoms with Gasteiger partial charge in [-0.05, 0) is 88.1 Å². The highest BCUT2D eigenvalue weighted by atomic mass is 16.5. The van der Waals surface area contributed by atoms with E-state index in [0.717, 1.165) is 47.9 Å². The van der Waals surface area contributed by atoms with E-state index in [-0.39, 0.29) is 17.4 Å². The Labute approximate surface area is 175 Å². The zero-order chi connectivity index (χ0) is 21.8. The predicted octanol–water partition coefficient (Wildman–Crippen LogP) is 4.68. The Morgan fingerprint density at radius 1 is 1.14 bits per heavy atom. The summed E-state index contributed by atoms with van der Waals surface area (Å²) in [5.74, 6) is -0.458. The Balaban J connectivity index is 2.30. The maximum absolute atomic E-state index is 12.5. The van der Waals surface area contributed by atoms with Gasteiger partial charge in [0.05, 0.1) is 24.9 Å². The molecular weight excluding hydrogens is 366 g/mol. The number of rotatable bonds is 8. The molecule has 1 saturated carbocycles. The van der Waals surface area contributed by atoms with Crippen LogP contribution in [0.15, 0.2) is 11.8 Å². The van der Waals surface area contributed by atoms with Crippen LogP contribution in [-0.4, -0.2) is 36.9 Å². The molecule has 29 heavy (non-hydrogen) atoms. The Morgan fingerprint density at radius 3 is 2.31 bits per heavy atom. The number of amides is 1. The van der Waals surface area contributed by atoms with Gasteiger partial charge in [-0.25, -0.2) is 0 Å². The van der Waals surface area contributed by atoms with E-state index in [9.17, 15) is 9.90 Å². The van der Waals surface area contributed by atoms with Gasteiger partial charge >= 0.3 is 0 Å². The van der Waals surface area contributed by atoms with Crippen LogP contribution in [0.2, 0.25) is 0 Å². The number of allylic oxidation sites excluding steroid dienone is 1. The van der Waals surface area contributed by atoms with Gasteiger partial charge in [-0.3, -0.25) is 4.79 Å². The summed E-state index contributed by atoms with van der Waals surface area (Å²) in [4.78, 5) is 12.5. The number of aliphatic hydroxyl groups excluding tert-OH is 1. The number of aliphatic hydroxyl groups is 1. The van der Waals surface area contributed by atoms with Crippen LogP contribution >= 0.6 is 0 Å². The molecule has 0 aliphatic heterocycles. The quantitative estimate of drug-likeness (QED) is 0.375. The summed E-state index contributed by atoms with van der Waals surface area (Å²) in [6.07, 6.45) is 3.33. The molecule has 1 aromatic rings. The average Bonchev–Trinajstić information content (AvgIpc) is 2.67. The fourth-order valence-corrected chi connectivity index (χ4v) is 4.38. The summed E-state index contributed by atoms with van der Waals surface area (Å²) in [6.45, 7) is 13.9. The third-order valence-corrected chi connectivity index (χ3v) is 6.48. The number of aryl methyl sites for hydroxylation is 2. The van der Waals surface area contributed by atoms with Crippen molar-refractivity contribution in [3.63, 3.8) is 0 Å². The van der Waals surface area contributed by atoms with E-state index in [1.165, 1.54) is 5.56 Å². The summed E-state index contributed by atoms with van der Waals surface area (Å²) in [6, 6.07) is 2.05. The smallest absolute Gasteiger partial charge is 0.252 e. The normalized spacial score (nSPS) is 23.0. The summed E-state index contributed by atoms with van der Waals surface area (Å²) in [5, 5.41) is 11.3. The van der Waals surface area contributed by atoms with E-state index in [4.69, 9.17) is 15.2 Å². The van der Waals surface area contributed by atoms with Gasteiger partial charge in [0.25, 0.3) is 5.91 Å². The summed E-state index contributed by atoms with van der Waals surface area (Å²) < 4.78 is 11.2. The first kappa shape index (κ1) is 23.4. The Kier molecular flexibility index (Phi) is 7.89. The number of hydrogen-bond acceptors (Lipinski definition) is 4. The zero-order valence-electron chi connectivity index (χ0n) is 18.9. The average molecular weight is 404 g/mol. The van der Waals surface area contributed by atoms with Crippen molar-refractivity contribution < 1.29 is 19.4 Å². The van der Waals surface area contributed by atoms with Crippen LogP contribution in [-0.2, 0) is 14.3 Å². The number of carbonyl (C=O) groups is 1. The first-order chi connectivity index (χ1) is 13.6. The van der Waals surface area contributed by atoms with Crippen molar-refractivity contribution in [3.05, 3.63) is 39.6 Å². The maximum atomic E-state index is 12.5. The monoisotopic (exact) mass is 403 g/mol. The van der Waals surface area contributed by atoms with Gasteiger partial charge in [0.1, 0.15) is 5.76 Å². The SMILES string of the molecule is CCOCCOC1CCC(C)(/C(O)=C(\C(N)=O)c2c(C)cc(C)c(C)c2C)CC1. The molecule has 1 aliphatic carbocycles. The van der Waals surface area contributed by atoms with Crippen LogP contribution < -0.4 is 5.73 Å². The van der Waals surface area contributed by atoms with Gasteiger partial charge < -0.3 is 20.3 Å². The lowest BCUT2D eigenvalue weighted by Crippen LogP contribution is -2.33. The lowest BCUT2D eigenvalue weighted by Gasteiger charge is -2.37. The predicted molar refractivity (Wildman–Crippen MR) is 117 cm³/mol. The van der Waals surface area contributed by atoms with Gasteiger partial charge in [-0.1, -0.05) is 13.0 Å². The molecule has 5 heteroatoms. The van der Waals surface area contributed by atoms with Gasteiger partial charge in [-0.2, -0.15) is 0 Å². The largest absolute Gasteiger partial charge is 0.511 e. The minimum atomic E-state index is -0.576. The Bertz CT molecular complexity index is 774. The molecule has 0 saturated heterocycles. The van der Waals surface area contributed by atoms with Crippen LogP contribution in [0.3, 0.4) is 0 Å². The van der Waals surface area contributed by atoms with E-state index in [1.807, 2.05) is 34.6 Å². The zero-order valence-corrected chi connectivity index (χ0v) is 18.9. The summed E-state index contributed by atoms with van der Waals surface area (Å²) >= 11 is 0. The molecule has 162 valence electrons. The van der Waals surface area contributed by atoms with Gasteiger partial charge in [-0.15, -0.1) is 0 Å². The molecule has 0 atom stereocenters. The standard InChI is InChI=1S/C24H37NO4/c1-7-28-12-13-29-19-8-10-24(6,11-9-19)22(26)21(23(25)27)20-16(3)14-15(2)17(4)18(20)5/h14,19,26H,7-13H2,1-6H3,(H2,25,27)/b22-21+. The maximum Gasteiger partial charge on any atom is 0.252 e. The highest BCUT2D eigenvalue weighted by Crippen LogP contribution is 2.45. The second-order valence-corrected chi connectivity index (χ2v) is 8.55. The number of ether oxygens (including phenoxy) is 2. The first-order valence-corrected chi connectivity index (χ1v) is 10.6. The fraction of sp³-hybridized carbons (Fsp3) is 0.625. The van der Waals surface area contributed by atoms with E-state index < -0.39 is 11.3 Å². The molecular formula is C24H37NO4. The highest BCUT2D eigenvalue weighted by Gasteiger charge is 2.38. The molecule has 0 bridgehead atoms. The molecule has 0 unspecified atom stereocenters. The van der Waals surface area contributed by atoms with E-state index in [2.05, 4.69) is 13.0 Å². The van der Waals surface area contributed by atoms with E-state index in [0.29, 0.717) is 19.8 Å². The van der Waals surface area contributed by atoms with Crippen molar-refractivity contribution >= 4 is 11.5 Å². The fourth-order valence-electron chi connectivity index (χ4n) is 4.38. The van der Waals surface area contributed by atoms with Crippen molar-refractivity contribution in [2.24, 2.45) is 11.1 Å². The molecule has 1 amide bonds. The summed E-state index contributed by atoms with van der Waals surface area (Å²) in [5.41, 5.74) is 10.6. The second kappa shape index (κ2) is 9.77. The topological polar surface area (TPSA) is 81.8 Å². The molecule has 1 aliphatic rings. The van der Waals surface area contributed by atoms with Gasteiger partial charge in [0.2, 0.25) is 0 Å². The van der Waals surface area contributed by atoms with Crippen LogP contribution in [0, 0.1) is 33.1 Å². The van der Waals surface area contributed by atoms with Crippen molar-refractivity contribution in [1.29, 1.82) is 0 Å². The van der Waals surface area contributed by atoms with Crippen LogP contribution in [0.4, 0.5) is 0 Å². The number of hydrogen-bond donors (Lipinski definition) is 2. The Morgan fingerprint density at radius 2 is 1.76 bits per heavy atom. The Hall–Kier alpha value is -1.85. The molecule has 0 heterocycles. The molecule has 1 aromatic carbocycles. The lowest BCUT2D eigenvalue weighted by molar-refractivity contribution is -0.113. The van der Waals surface area contributed by atoms with Crippen molar-refractivity contribution in [3.8, 4) is 0 Å². The molecule has 5 nitrogen and oxygen atoms in total. The van der Waals surface area contributed by atoms with Crippen molar-refractivity contribution in [2.75, 3.05) is 19.8 Å². The van der Waals surface area contributed by atoms with E-state index in [1.54, 1.807) is 0 Å². The van der Waals surface area contributed by atoms with Gasteiger partial charge in [0.15, 0.2) is 0 Å². The number of carbonyl (C=O) groups excluding carboxylic acids is 1. The minimum Gasteiger partial charge on any atom is -0.511 e. The lowest BCUT2D eigenvalue weighted by atomic mass is 9.71. The number of primary amides is 1. The number of nitrogens with two attached hydrogens (primary N) is 1. The van der Waals surface area contributed by atoms with Crippen LogP contribution in [0.1, 0.15) is 67.3 Å². The molecule has 0 radical (unpaired) electrons. The molecule has 2 rings (SSSR count). The molecule has 3 N–H and O–H groups in total. The second-order valence-electron chi connectivity index (χ2n) is 8.55. The highest BCUT2D eigenvalue weighted by molar-refractivity contribution is 6.20. The third kappa shape index (κ3) is 5.20. The first-order valence-electron chi connectivity index (χ1n) is 10.6. The minimum absolute atomic E-state index is 0.118. The molecule has 0 aromatic heterocycles. The summed E-state index contributed by atoms with van der Waals surface area (Å²) in [7, 11) is 0. The molecule has 1 fully saturated rings. The van der Waals surface area contributed by atoms with Crippen molar-refractivity contribution in [1.82, 2.24) is 0 Å². The van der Waals surface area contributed by atoms with Gasteiger partial charge in [0, 0.05) is 12.0 Å².